The van der Waals surface area contributed by atoms with Crippen LogP contribution in [0.2, 0.25) is 0 Å². The fraction of sp³-hybridized carbons (Fsp3) is 0.538. The molecule has 1 nitrogen and oxygen atoms in total. The molecule has 1 aliphatic rings. The van der Waals surface area contributed by atoms with Crippen LogP contribution in [-0.2, 0) is 6.42 Å². The Kier molecular flexibility index (Phi) is 3.20. The third kappa shape index (κ3) is 2.58. The Bertz CT molecular complexity index is 287. The minimum atomic E-state index is 0.913. The van der Waals surface area contributed by atoms with Crippen LogP contribution in [0, 0.1) is 12.8 Å². The first-order valence-electron chi connectivity index (χ1n) is 5.61. The van der Waals surface area contributed by atoms with Crippen molar-refractivity contribution in [2.45, 2.75) is 26.2 Å². The van der Waals surface area contributed by atoms with Gasteiger partial charge in [-0.15, -0.1) is 0 Å². The highest BCUT2D eigenvalue weighted by atomic mass is 14.9. The maximum atomic E-state index is 3.42. The molecule has 1 atom stereocenters. The van der Waals surface area contributed by atoms with Crippen molar-refractivity contribution in [3.05, 3.63) is 35.4 Å². The van der Waals surface area contributed by atoms with E-state index in [1.54, 1.807) is 0 Å². The molecule has 1 aromatic rings. The van der Waals surface area contributed by atoms with Crippen LogP contribution >= 0.6 is 0 Å². The van der Waals surface area contributed by atoms with E-state index in [1.165, 1.54) is 43.5 Å². The molecule has 1 aromatic carbocycles. The van der Waals surface area contributed by atoms with Crippen molar-refractivity contribution in [2.75, 3.05) is 13.1 Å². The minimum Gasteiger partial charge on any atom is -0.316 e. The summed E-state index contributed by atoms with van der Waals surface area (Å²) >= 11 is 0. The van der Waals surface area contributed by atoms with Crippen molar-refractivity contribution < 1.29 is 0 Å². The highest BCUT2D eigenvalue weighted by Crippen LogP contribution is 2.16. The summed E-state index contributed by atoms with van der Waals surface area (Å²) in [5.41, 5.74) is 2.88. The van der Waals surface area contributed by atoms with Gasteiger partial charge in [0.2, 0.25) is 0 Å². The van der Waals surface area contributed by atoms with Crippen LogP contribution in [0.5, 0.6) is 0 Å². The van der Waals surface area contributed by atoms with Crippen LogP contribution in [0.25, 0.3) is 0 Å². The first-order chi connectivity index (χ1) is 6.84. The van der Waals surface area contributed by atoms with E-state index in [9.17, 15) is 0 Å². The summed E-state index contributed by atoms with van der Waals surface area (Å²) in [6.07, 6.45) is 3.95. The average molecular weight is 189 g/mol. The maximum Gasteiger partial charge on any atom is -0.00199 e. The third-order valence-corrected chi connectivity index (χ3v) is 3.09. The molecule has 1 unspecified atom stereocenters. The number of aryl methyl sites for hydroxylation is 2. The second kappa shape index (κ2) is 4.61. The van der Waals surface area contributed by atoms with Crippen LogP contribution in [-0.4, -0.2) is 13.1 Å². The molecule has 0 spiro atoms. The molecule has 0 amide bonds. The molecule has 0 bridgehead atoms. The molecule has 76 valence electrons. The molecule has 0 aliphatic carbocycles. The van der Waals surface area contributed by atoms with Crippen LogP contribution in [0.3, 0.4) is 0 Å². The lowest BCUT2D eigenvalue weighted by molar-refractivity contribution is 0.533. The van der Waals surface area contributed by atoms with Gasteiger partial charge in [0, 0.05) is 0 Å². The number of hydrogen-bond donors (Lipinski definition) is 1. The summed E-state index contributed by atoms with van der Waals surface area (Å²) in [4.78, 5) is 0. The standard InChI is InChI=1S/C13H19N/c1-11-3-2-4-12(9-11)5-6-13-7-8-14-10-13/h2-4,9,13-14H,5-8,10H2,1H3. The average Bonchev–Trinajstić information content (AvgIpc) is 2.67. The van der Waals surface area contributed by atoms with Gasteiger partial charge in [-0.05, 0) is 50.8 Å². The van der Waals surface area contributed by atoms with E-state index in [2.05, 4.69) is 36.5 Å². The Morgan fingerprint density at radius 3 is 3.07 bits per heavy atom. The van der Waals surface area contributed by atoms with E-state index >= 15 is 0 Å². The summed E-state index contributed by atoms with van der Waals surface area (Å²) in [6, 6.07) is 8.88. The van der Waals surface area contributed by atoms with Crippen molar-refractivity contribution in [1.29, 1.82) is 0 Å². The van der Waals surface area contributed by atoms with Gasteiger partial charge in [-0.3, -0.25) is 0 Å². The normalized spacial score (nSPS) is 21.4. The molecule has 1 N–H and O–H groups in total. The number of rotatable bonds is 3. The van der Waals surface area contributed by atoms with E-state index in [-0.39, 0.29) is 0 Å². The third-order valence-electron chi connectivity index (χ3n) is 3.09. The van der Waals surface area contributed by atoms with Gasteiger partial charge in [0.1, 0.15) is 0 Å². The second-order valence-electron chi connectivity index (χ2n) is 4.39. The smallest absolute Gasteiger partial charge is 0.00199 e. The zero-order chi connectivity index (χ0) is 9.80. The molecule has 1 heteroatoms. The summed E-state index contributed by atoms with van der Waals surface area (Å²) in [6.45, 7) is 4.62. The SMILES string of the molecule is Cc1cccc(CCC2CCNC2)c1. The first kappa shape index (κ1) is 9.72. The van der Waals surface area contributed by atoms with Gasteiger partial charge >= 0.3 is 0 Å². The summed E-state index contributed by atoms with van der Waals surface area (Å²) in [5, 5.41) is 3.42. The van der Waals surface area contributed by atoms with Gasteiger partial charge in [0.15, 0.2) is 0 Å². The molecule has 1 fully saturated rings. The van der Waals surface area contributed by atoms with Gasteiger partial charge in [-0.2, -0.15) is 0 Å². The highest BCUT2D eigenvalue weighted by Gasteiger charge is 2.13. The van der Waals surface area contributed by atoms with E-state index in [0.29, 0.717) is 0 Å². The molecule has 2 rings (SSSR count). The molecule has 0 aromatic heterocycles. The lowest BCUT2D eigenvalue weighted by Crippen LogP contribution is -2.09. The first-order valence-corrected chi connectivity index (χ1v) is 5.61. The van der Waals surface area contributed by atoms with Gasteiger partial charge in [0.05, 0.1) is 0 Å². The Morgan fingerprint density at radius 2 is 2.36 bits per heavy atom. The van der Waals surface area contributed by atoms with Crippen LogP contribution < -0.4 is 5.32 Å². The van der Waals surface area contributed by atoms with E-state index in [0.717, 1.165) is 5.92 Å². The number of nitrogens with one attached hydrogen (secondary N) is 1. The van der Waals surface area contributed by atoms with Crippen molar-refractivity contribution in [1.82, 2.24) is 5.32 Å². The molecule has 0 radical (unpaired) electrons. The molecular formula is C13H19N. The van der Waals surface area contributed by atoms with Gasteiger partial charge in [-0.25, -0.2) is 0 Å². The minimum absolute atomic E-state index is 0.913. The Morgan fingerprint density at radius 1 is 1.43 bits per heavy atom. The maximum absolute atomic E-state index is 3.42. The highest BCUT2D eigenvalue weighted by molar-refractivity contribution is 5.22. The molecule has 14 heavy (non-hydrogen) atoms. The Balaban J connectivity index is 1.85. The number of benzene rings is 1. The molecule has 1 heterocycles. The lowest BCUT2D eigenvalue weighted by atomic mass is 9.98. The molecule has 0 saturated carbocycles. The Hall–Kier alpha value is -0.820. The quantitative estimate of drug-likeness (QED) is 0.770. The summed E-state index contributed by atoms with van der Waals surface area (Å²) in [5.74, 6) is 0.913. The largest absolute Gasteiger partial charge is 0.316 e. The van der Waals surface area contributed by atoms with Gasteiger partial charge in [0.25, 0.3) is 0 Å². The van der Waals surface area contributed by atoms with Crippen molar-refractivity contribution in [2.24, 2.45) is 5.92 Å². The molecule has 1 saturated heterocycles. The van der Waals surface area contributed by atoms with Crippen molar-refractivity contribution >= 4 is 0 Å². The summed E-state index contributed by atoms with van der Waals surface area (Å²) in [7, 11) is 0. The predicted octanol–water partition coefficient (Wildman–Crippen LogP) is 2.54. The van der Waals surface area contributed by atoms with E-state index in [4.69, 9.17) is 0 Å². The summed E-state index contributed by atoms with van der Waals surface area (Å²) < 4.78 is 0. The van der Waals surface area contributed by atoms with Gasteiger partial charge in [-0.1, -0.05) is 29.8 Å². The molecule has 1 aliphatic heterocycles. The Labute approximate surface area is 86.5 Å². The monoisotopic (exact) mass is 189 g/mol. The van der Waals surface area contributed by atoms with Crippen LogP contribution in [0.15, 0.2) is 24.3 Å². The van der Waals surface area contributed by atoms with Crippen LogP contribution in [0.4, 0.5) is 0 Å². The zero-order valence-corrected chi connectivity index (χ0v) is 8.92. The van der Waals surface area contributed by atoms with Gasteiger partial charge < -0.3 is 5.32 Å². The lowest BCUT2D eigenvalue weighted by Gasteiger charge is -2.08. The predicted molar refractivity (Wildman–Crippen MR) is 60.5 cm³/mol. The molecular weight excluding hydrogens is 170 g/mol. The topological polar surface area (TPSA) is 12.0 Å². The van der Waals surface area contributed by atoms with Crippen molar-refractivity contribution in [3.8, 4) is 0 Å². The fourth-order valence-electron chi connectivity index (χ4n) is 2.20. The second-order valence-corrected chi connectivity index (χ2v) is 4.39. The van der Waals surface area contributed by atoms with Crippen molar-refractivity contribution in [3.63, 3.8) is 0 Å². The van der Waals surface area contributed by atoms with E-state index < -0.39 is 0 Å². The van der Waals surface area contributed by atoms with E-state index in [1.807, 2.05) is 0 Å². The number of hydrogen-bond acceptors (Lipinski definition) is 1. The fourth-order valence-corrected chi connectivity index (χ4v) is 2.20. The zero-order valence-electron chi connectivity index (χ0n) is 8.92. The van der Waals surface area contributed by atoms with Crippen LogP contribution in [0.1, 0.15) is 24.0 Å².